The van der Waals surface area contributed by atoms with E-state index in [0.29, 0.717) is 31.2 Å². The average molecular weight is 471 g/mol. The molecule has 2 heterocycles. The number of ether oxygens (including phenoxy) is 1. The van der Waals surface area contributed by atoms with Crippen LogP contribution < -0.4 is 16.0 Å². The molecule has 2 aromatic rings. The number of nitrogens with one attached hydrogen (secondary N) is 3. The summed E-state index contributed by atoms with van der Waals surface area (Å²) in [6, 6.07) is 8.35. The Kier molecular flexibility index (Phi) is 7.96. The summed E-state index contributed by atoms with van der Waals surface area (Å²) in [4.78, 5) is 24.5. The van der Waals surface area contributed by atoms with Crippen LogP contribution in [0.2, 0.25) is 0 Å². The summed E-state index contributed by atoms with van der Waals surface area (Å²) in [6.45, 7) is 1.83. The molecule has 12 heteroatoms. The van der Waals surface area contributed by atoms with Crippen LogP contribution in [-0.2, 0) is 21.3 Å². The molecule has 1 fully saturated rings. The summed E-state index contributed by atoms with van der Waals surface area (Å²) in [5, 5.41) is 7.72. The second kappa shape index (κ2) is 10.7. The fourth-order valence-corrected chi connectivity index (χ4v) is 5.69. The molecule has 3 N–H and O–H groups in total. The number of urea groups is 1. The zero-order valence-corrected chi connectivity index (χ0v) is 18.2. The molecular weight excluding hydrogens is 447 g/mol. The number of thiophene rings is 1. The molecular formula is C19H23FN4O5S2. The van der Waals surface area contributed by atoms with E-state index in [-0.39, 0.29) is 29.4 Å². The first-order valence-electron chi connectivity index (χ1n) is 9.59. The van der Waals surface area contributed by atoms with Crippen LogP contribution in [0.1, 0.15) is 15.2 Å². The minimum Gasteiger partial charge on any atom is -0.379 e. The first-order valence-corrected chi connectivity index (χ1v) is 11.8. The van der Waals surface area contributed by atoms with E-state index in [2.05, 4.69) is 16.0 Å². The molecule has 1 aliphatic rings. The maximum atomic E-state index is 13.5. The lowest BCUT2D eigenvalue weighted by Gasteiger charge is -2.25. The molecule has 1 aromatic carbocycles. The van der Waals surface area contributed by atoms with E-state index >= 15 is 0 Å². The number of amides is 3. The van der Waals surface area contributed by atoms with Crippen LogP contribution >= 0.6 is 11.3 Å². The SMILES string of the molecule is O=C(NCCNC(=O)c1ccccc1F)NCc1ccc(S(=O)(=O)N2CCOCC2)s1. The van der Waals surface area contributed by atoms with Gasteiger partial charge in [-0.1, -0.05) is 12.1 Å². The average Bonchev–Trinajstić information content (AvgIpc) is 3.26. The van der Waals surface area contributed by atoms with Crippen molar-refractivity contribution in [3.05, 3.63) is 52.7 Å². The lowest BCUT2D eigenvalue weighted by atomic mass is 10.2. The van der Waals surface area contributed by atoms with Crippen LogP contribution in [0.15, 0.2) is 40.6 Å². The van der Waals surface area contributed by atoms with E-state index in [4.69, 9.17) is 4.74 Å². The summed E-state index contributed by atoms with van der Waals surface area (Å²) in [5.41, 5.74) is -0.0625. The van der Waals surface area contributed by atoms with Gasteiger partial charge < -0.3 is 20.7 Å². The first kappa shape index (κ1) is 23.1. The zero-order valence-electron chi connectivity index (χ0n) is 16.6. The van der Waals surface area contributed by atoms with Crippen molar-refractivity contribution in [3.8, 4) is 0 Å². The van der Waals surface area contributed by atoms with Gasteiger partial charge in [-0.2, -0.15) is 4.31 Å². The monoisotopic (exact) mass is 470 g/mol. The Labute approximate surface area is 183 Å². The van der Waals surface area contributed by atoms with E-state index in [1.807, 2.05) is 0 Å². The van der Waals surface area contributed by atoms with Gasteiger partial charge >= 0.3 is 6.03 Å². The first-order chi connectivity index (χ1) is 14.9. The summed E-state index contributed by atoms with van der Waals surface area (Å²) < 4.78 is 45.6. The van der Waals surface area contributed by atoms with Crippen molar-refractivity contribution in [2.75, 3.05) is 39.4 Å². The molecule has 168 valence electrons. The number of hydrogen-bond acceptors (Lipinski definition) is 6. The van der Waals surface area contributed by atoms with E-state index in [9.17, 15) is 22.4 Å². The zero-order chi connectivity index (χ0) is 22.3. The molecule has 0 unspecified atom stereocenters. The third kappa shape index (κ3) is 6.23. The topological polar surface area (TPSA) is 117 Å². The maximum Gasteiger partial charge on any atom is 0.315 e. The number of halogens is 1. The van der Waals surface area contributed by atoms with Gasteiger partial charge in [-0.25, -0.2) is 17.6 Å². The van der Waals surface area contributed by atoms with Gasteiger partial charge in [0.15, 0.2) is 0 Å². The third-order valence-electron chi connectivity index (χ3n) is 4.44. The Bertz CT molecular complexity index is 1020. The number of carbonyl (C=O) groups is 2. The lowest BCUT2D eigenvalue weighted by Crippen LogP contribution is -2.40. The third-order valence-corrected chi connectivity index (χ3v) is 7.89. The molecule has 1 saturated heterocycles. The maximum absolute atomic E-state index is 13.5. The molecule has 0 radical (unpaired) electrons. The number of morpholine rings is 1. The number of nitrogens with zero attached hydrogens (tertiary/aromatic N) is 1. The Morgan fingerprint density at radius 1 is 1.03 bits per heavy atom. The summed E-state index contributed by atoms with van der Waals surface area (Å²) >= 11 is 1.10. The number of rotatable bonds is 8. The van der Waals surface area contributed by atoms with Gasteiger partial charge in [0.05, 0.1) is 25.3 Å². The minimum atomic E-state index is -3.55. The highest BCUT2D eigenvalue weighted by molar-refractivity contribution is 7.91. The predicted octanol–water partition coefficient (Wildman–Crippen LogP) is 1.14. The van der Waals surface area contributed by atoms with Gasteiger partial charge in [-0.3, -0.25) is 4.79 Å². The molecule has 0 bridgehead atoms. The molecule has 31 heavy (non-hydrogen) atoms. The highest BCUT2D eigenvalue weighted by Gasteiger charge is 2.27. The molecule has 0 spiro atoms. The largest absolute Gasteiger partial charge is 0.379 e. The van der Waals surface area contributed by atoms with Crippen LogP contribution in [0.5, 0.6) is 0 Å². The Hall–Kier alpha value is -2.54. The summed E-state index contributed by atoms with van der Waals surface area (Å²) in [6.07, 6.45) is 0. The van der Waals surface area contributed by atoms with Crippen LogP contribution in [0.4, 0.5) is 9.18 Å². The van der Waals surface area contributed by atoms with Crippen LogP contribution in [0.25, 0.3) is 0 Å². The molecule has 0 saturated carbocycles. The van der Waals surface area contributed by atoms with Crippen molar-refractivity contribution in [2.24, 2.45) is 0 Å². The normalized spacial score (nSPS) is 14.7. The summed E-state index contributed by atoms with van der Waals surface area (Å²) in [5.74, 6) is -1.18. The van der Waals surface area contributed by atoms with Crippen molar-refractivity contribution in [1.29, 1.82) is 0 Å². The second-order valence-corrected chi connectivity index (χ2v) is 9.92. The van der Waals surface area contributed by atoms with Gasteiger partial charge in [0.2, 0.25) is 0 Å². The number of sulfonamides is 1. The molecule has 0 aliphatic carbocycles. The Balaban J connectivity index is 1.39. The van der Waals surface area contributed by atoms with Crippen molar-refractivity contribution in [3.63, 3.8) is 0 Å². The van der Waals surface area contributed by atoms with Gasteiger partial charge in [0.25, 0.3) is 15.9 Å². The van der Waals surface area contributed by atoms with E-state index < -0.39 is 27.8 Å². The smallest absolute Gasteiger partial charge is 0.315 e. The van der Waals surface area contributed by atoms with Crippen molar-refractivity contribution in [2.45, 2.75) is 10.8 Å². The van der Waals surface area contributed by atoms with E-state index in [1.54, 1.807) is 12.1 Å². The second-order valence-electron chi connectivity index (χ2n) is 6.58. The van der Waals surface area contributed by atoms with Gasteiger partial charge in [-0.15, -0.1) is 11.3 Å². The van der Waals surface area contributed by atoms with Gasteiger partial charge in [0, 0.05) is 31.1 Å². The quantitative estimate of drug-likeness (QED) is 0.500. The molecule has 1 aromatic heterocycles. The van der Waals surface area contributed by atoms with Crippen molar-refractivity contribution in [1.82, 2.24) is 20.3 Å². The number of carbonyl (C=O) groups excluding carboxylic acids is 2. The van der Waals surface area contributed by atoms with Crippen LogP contribution in [0.3, 0.4) is 0 Å². The van der Waals surface area contributed by atoms with Crippen LogP contribution in [-0.4, -0.2) is 64.1 Å². The van der Waals surface area contributed by atoms with Crippen molar-refractivity contribution >= 4 is 33.3 Å². The number of hydrogen-bond donors (Lipinski definition) is 3. The van der Waals surface area contributed by atoms with Crippen molar-refractivity contribution < 1.29 is 27.1 Å². The van der Waals surface area contributed by atoms with Crippen LogP contribution in [0, 0.1) is 5.82 Å². The number of benzene rings is 1. The van der Waals surface area contributed by atoms with E-state index in [0.717, 1.165) is 11.3 Å². The minimum absolute atomic E-state index is 0.0625. The lowest BCUT2D eigenvalue weighted by molar-refractivity contribution is 0.0731. The van der Waals surface area contributed by atoms with E-state index in [1.165, 1.54) is 28.6 Å². The Morgan fingerprint density at radius 2 is 1.74 bits per heavy atom. The van der Waals surface area contributed by atoms with Gasteiger partial charge in [0.1, 0.15) is 10.0 Å². The molecule has 3 rings (SSSR count). The standard InChI is InChI=1S/C19H23FN4O5S2/c20-16-4-2-1-3-15(16)18(25)21-7-8-22-19(26)23-13-14-5-6-17(30-14)31(27,28)24-9-11-29-12-10-24/h1-6H,7-13H2,(H,21,25)(H2,22,23,26). The predicted molar refractivity (Wildman–Crippen MR) is 113 cm³/mol. The summed E-state index contributed by atoms with van der Waals surface area (Å²) in [7, 11) is -3.55. The molecule has 1 aliphatic heterocycles. The molecule has 3 amide bonds. The highest BCUT2D eigenvalue weighted by atomic mass is 32.2. The highest BCUT2D eigenvalue weighted by Crippen LogP contribution is 2.25. The molecule has 9 nitrogen and oxygen atoms in total. The fraction of sp³-hybridized carbons (Fsp3) is 0.368. The van der Waals surface area contributed by atoms with Gasteiger partial charge in [-0.05, 0) is 24.3 Å². The molecule has 0 atom stereocenters. The Morgan fingerprint density at radius 3 is 2.48 bits per heavy atom. The fourth-order valence-electron chi connectivity index (χ4n) is 2.83.